The van der Waals surface area contributed by atoms with Crippen molar-refractivity contribution in [1.82, 2.24) is 5.32 Å². The highest BCUT2D eigenvalue weighted by molar-refractivity contribution is 7.92. The lowest BCUT2D eigenvalue weighted by Crippen LogP contribution is -2.47. The van der Waals surface area contributed by atoms with Crippen LogP contribution in [0.15, 0.2) is 42.5 Å². The van der Waals surface area contributed by atoms with Crippen molar-refractivity contribution in [1.29, 1.82) is 0 Å². The Balaban J connectivity index is 2.30. The van der Waals surface area contributed by atoms with Crippen LogP contribution in [0.5, 0.6) is 5.75 Å². The maximum Gasteiger partial charge on any atom is 0.243 e. The molecule has 0 radical (unpaired) electrons. The number of benzene rings is 2. The first-order valence-electron chi connectivity index (χ1n) is 8.30. The van der Waals surface area contributed by atoms with Gasteiger partial charge in [-0.05, 0) is 43.2 Å². The first-order chi connectivity index (χ1) is 12.6. The zero-order valence-electron chi connectivity index (χ0n) is 15.7. The number of amides is 1. The molecule has 0 saturated heterocycles. The number of rotatable bonds is 7. The fourth-order valence-corrected chi connectivity index (χ4v) is 4.09. The van der Waals surface area contributed by atoms with Gasteiger partial charge >= 0.3 is 0 Å². The Labute approximate surface area is 165 Å². The SMILES string of the molecule is COc1ccc(Cl)cc1N([C@@H](C)C(=O)NCc1ccccc1C)S(C)(=O)=O. The number of nitrogens with zero attached hydrogens (tertiary/aromatic N) is 1. The number of hydrogen-bond donors (Lipinski definition) is 1. The third-order valence-electron chi connectivity index (χ3n) is 4.18. The van der Waals surface area contributed by atoms with Crippen LogP contribution in [0.25, 0.3) is 0 Å². The summed E-state index contributed by atoms with van der Waals surface area (Å²) < 4.78 is 31.1. The van der Waals surface area contributed by atoms with Gasteiger partial charge in [0.2, 0.25) is 15.9 Å². The summed E-state index contributed by atoms with van der Waals surface area (Å²) in [6.45, 7) is 3.78. The van der Waals surface area contributed by atoms with Crippen molar-refractivity contribution in [3.8, 4) is 5.75 Å². The highest BCUT2D eigenvalue weighted by Crippen LogP contribution is 2.34. The molecule has 0 bridgehead atoms. The van der Waals surface area contributed by atoms with Crippen molar-refractivity contribution >= 4 is 33.2 Å². The number of anilines is 1. The molecule has 0 saturated carbocycles. The van der Waals surface area contributed by atoms with Crippen LogP contribution < -0.4 is 14.4 Å². The van der Waals surface area contributed by atoms with Crippen LogP contribution in [0.1, 0.15) is 18.1 Å². The smallest absolute Gasteiger partial charge is 0.243 e. The predicted octanol–water partition coefficient (Wildman–Crippen LogP) is 3.13. The van der Waals surface area contributed by atoms with E-state index in [1.165, 1.54) is 20.1 Å². The largest absolute Gasteiger partial charge is 0.495 e. The Morgan fingerprint density at radius 3 is 2.52 bits per heavy atom. The van der Waals surface area contributed by atoms with E-state index < -0.39 is 22.0 Å². The molecule has 146 valence electrons. The van der Waals surface area contributed by atoms with E-state index in [9.17, 15) is 13.2 Å². The second-order valence-electron chi connectivity index (χ2n) is 6.20. The zero-order valence-corrected chi connectivity index (χ0v) is 17.3. The number of halogens is 1. The van der Waals surface area contributed by atoms with E-state index in [-0.39, 0.29) is 5.69 Å². The standard InChI is InChI=1S/C19H23ClN2O4S/c1-13-7-5-6-8-15(13)12-21-19(23)14(2)22(27(4,24)25)17-11-16(20)9-10-18(17)26-3/h5-11,14H,12H2,1-4H3,(H,21,23)/t14-/m0/s1. The number of carbonyl (C=O) groups is 1. The summed E-state index contributed by atoms with van der Waals surface area (Å²) in [5.41, 5.74) is 2.22. The third kappa shape index (κ3) is 5.14. The number of aryl methyl sites for hydroxylation is 1. The topological polar surface area (TPSA) is 75.7 Å². The second kappa shape index (κ2) is 8.63. The summed E-state index contributed by atoms with van der Waals surface area (Å²) in [5, 5.41) is 3.13. The number of ether oxygens (including phenoxy) is 1. The molecule has 0 heterocycles. The van der Waals surface area contributed by atoms with Gasteiger partial charge in [-0.3, -0.25) is 9.10 Å². The van der Waals surface area contributed by atoms with Crippen LogP contribution in [-0.4, -0.2) is 33.7 Å². The lowest BCUT2D eigenvalue weighted by atomic mass is 10.1. The highest BCUT2D eigenvalue weighted by atomic mass is 35.5. The lowest BCUT2D eigenvalue weighted by Gasteiger charge is -2.29. The van der Waals surface area contributed by atoms with Crippen molar-refractivity contribution in [3.05, 3.63) is 58.6 Å². The molecule has 0 aromatic heterocycles. The molecule has 0 unspecified atom stereocenters. The van der Waals surface area contributed by atoms with Gasteiger partial charge in [0.15, 0.2) is 0 Å². The Hall–Kier alpha value is -2.25. The average molecular weight is 411 g/mol. The number of carbonyl (C=O) groups excluding carboxylic acids is 1. The van der Waals surface area contributed by atoms with Gasteiger partial charge in [-0.2, -0.15) is 0 Å². The molecule has 2 aromatic carbocycles. The molecule has 6 nitrogen and oxygen atoms in total. The van der Waals surface area contributed by atoms with Gasteiger partial charge in [-0.25, -0.2) is 8.42 Å². The molecule has 0 fully saturated rings. The second-order valence-corrected chi connectivity index (χ2v) is 8.49. The first-order valence-corrected chi connectivity index (χ1v) is 10.5. The highest BCUT2D eigenvalue weighted by Gasteiger charge is 2.31. The van der Waals surface area contributed by atoms with Gasteiger partial charge in [-0.1, -0.05) is 35.9 Å². The number of hydrogen-bond acceptors (Lipinski definition) is 4. The molecule has 27 heavy (non-hydrogen) atoms. The molecule has 0 aliphatic heterocycles. The minimum Gasteiger partial charge on any atom is -0.495 e. The Kier molecular flexibility index (Phi) is 6.73. The maximum atomic E-state index is 12.7. The molecule has 1 amide bonds. The van der Waals surface area contributed by atoms with E-state index >= 15 is 0 Å². The van der Waals surface area contributed by atoms with E-state index in [0.717, 1.165) is 21.7 Å². The van der Waals surface area contributed by atoms with Crippen molar-refractivity contribution in [2.75, 3.05) is 17.7 Å². The van der Waals surface area contributed by atoms with Gasteiger partial charge in [0.25, 0.3) is 0 Å². The summed E-state index contributed by atoms with van der Waals surface area (Å²) in [6.07, 6.45) is 1.04. The van der Waals surface area contributed by atoms with Gasteiger partial charge in [0.05, 0.1) is 19.1 Å². The van der Waals surface area contributed by atoms with E-state index in [2.05, 4.69) is 5.32 Å². The van der Waals surface area contributed by atoms with Crippen LogP contribution in [0.2, 0.25) is 5.02 Å². The van der Waals surface area contributed by atoms with Gasteiger partial charge in [0.1, 0.15) is 11.8 Å². The molecule has 0 spiro atoms. The lowest BCUT2D eigenvalue weighted by molar-refractivity contribution is -0.122. The normalized spacial score (nSPS) is 12.3. The quantitative estimate of drug-likeness (QED) is 0.760. The van der Waals surface area contributed by atoms with E-state index in [4.69, 9.17) is 16.3 Å². The summed E-state index contributed by atoms with van der Waals surface area (Å²) in [6, 6.07) is 11.3. The average Bonchev–Trinajstić information content (AvgIpc) is 2.60. The van der Waals surface area contributed by atoms with Crippen molar-refractivity contribution in [2.24, 2.45) is 0 Å². The predicted molar refractivity (Wildman–Crippen MR) is 108 cm³/mol. The first kappa shape index (κ1) is 21.1. The number of sulfonamides is 1. The molecule has 0 aliphatic rings. The molecule has 8 heteroatoms. The fraction of sp³-hybridized carbons (Fsp3) is 0.316. The van der Waals surface area contributed by atoms with Crippen molar-refractivity contribution in [2.45, 2.75) is 26.4 Å². The van der Waals surface area contributed by atoms with E-state index in [1.807, 2.05) is 31.2 Å². The Morgan fingerprint density at radius 1 is 1.26 bits per heavy atom. The van der Waals surface area contributed by atoms with Gasteiger partial charge in [-0.15, -0.1) is 0 Å². The summed E-state index contributed by atoms with van der Waals surface area (Å²) in [7, 11) is -2.34. The molecule has 2 aromatic rings. The Morgan fingerprint density at radius 2 is 1.93 bits per heavy atom. The van der Waals surface area contributed by atoms with Crippen molar-refractivity contribution < 1.29 is 17.9 Å². The third-order valence-corrected chi connectivity index (χ3v) is 5.64. The molecule has 2 rings (SSSR count). The zero-order chi connectivity index (χ0) is 20.2. The fourth-order valence-electron chi connectivity index (χ4n) is 2.75. The molecular formula is C19H23ClN2O4S. The van der Waals surface area contributed by atoms with Crippen LogP contribution in [-0.2, 0) is 21.4 Å². The van der Waals surface area contributed by atoms with Gasteiger partial charge in [0, 0.05) is 11.6 Å². The monoisotopic (exact) mass is 410 g/mol. The Bertz CT molecular complexity index is 931. The van der Waals surface area contributed by atoms with Gasteiger partial charge < -0.3 is 10.1 Å². The molecule has 1 N–H and O–H groups in total. The minimum absolute atomic E-state index is 0.214. The van der Waals surface area contributed by atoms with E-state index in [0.29, 0.717) is 17.3 Å². The maximum absolute atomic E-state index is 12.7. The van der Waals surface area contributed by atoms with Crippen molar-refractivity contribution in [3.63, 3.8) is 0 Å². The summed E-state index contributed by atoms with van der Waals surface area (Å²) >= 11 is 6.03. The van der Waals surface area contributed by atoms with Crippen LogP contribution >= 0.6 is 11.6 Å². The number of methoxy groups -OCH3 is 1. The number of nitrogens with one attached hydrogen (secondary N) is 1. The molecule has 1 atom stereocenters. The molecular weight excluding hydrogens is 388 g/mol. The van der Waals surface area contributed by atoms with Crippen LogP contribution in [0.3, 0.4) is 0 Å². The van der Waals surface area contributed by atoms with Crippen LogP contribution in [0.4, 0.5) is 5.69 Å². The summed E-state index contributed by atoms with van der Waals surface area (Å²) in [4.78, 5) is 12.7. The molecule has 0 aliphatic carbocycles. The minimum atomic E-state index is -3.77. The van der Waals surface area contributed by atoms with Crippen LogP contribution in [0, 0.1) is 6.92 Å². The van der Waals surface area contributed by atoms with E-state index in [1.54, 1.807) is 12.1 Å². The summed E-state index contributed by atoms with van der Waals surface area (Å²) in [5.74, 6) is -0.117.